The average Bonchev–Trinajstić information content (AvgIpc) is 3.32. The fraction of sp³-hybridized carbons (Fsp3) is 0.357. The van der Waals surface area contributed by atoms with E-state index in [4.69, 9.17) is 11.6 Å². The molecule has 0 aliphatic carbocycles. The number of benzene rings is 2. The van der Waals surface area contributed by atoms with Crippen molar-refractivity contribution in [1.82, 2.24) is 15.6 Å². The number of likely N-dealkylation sites (tertiary alicyclic amines) is 1. The Morgan fingerprint density at radius 2 is 1.76 bits per heavy atom. The van der Waals surface area contributed by atoms with E-state index in [-0.39, 0.29) is 17.9 Å². The maximum Gasteiger partial charge on any atom is 0.432 e. The monoisotopic (exact) mass is 521 g/mol. The van der Waals surface area contributed by atoms with Crippen LogP contribution in [0, 0.1) is 5.82 Å². The second-order valence-corrected chi connectivity index (χ2v) is 8.48. The molecule has 9 heteroatoms. The highest BCUT2D eigenvalue weighted by molar-refractivity contribution is 5.18. The third-order valence-corrected chi connectivity index (χ3v) is 5.78. The van der Waals surface area contributed by atoms with Gasteiger partial charge in [0.05, 0.1) is 5.70 Å². The number of halogens is 4. The van der Waals surface area contributed by atoms with Crippen molar-refractivity contribution in [3.8, 4) is 0 Å². The number of hydrazine groups is 1. The second kappa shape index (κ2) is 16.4. The molecule has 0 bridgehead atoms. The molecule has 1 unspecified atom stereocenters. The molecule has 2 aromatic carbocycles. The van der Waals surface area contributed by atoms with E-state index in [1.165, 1.54) is 37.1 Å². The SMILES string of the molecule is C=C(NCc1ccccc1)C1CCCN1C.C=CC/C(NN)=C(/N)C(F)(F)F.CCc1ccccc1F. The number of allylic oxidation sites excluding steroid dienone is 2. The molecule has 0 amide bonds. The summed E-state index contributed by atoms with van der Waals surface area (Å²) in [6.45, 7) is 11.4. The number of nitrogens with two attached hydrogens (primary N) is 2. The lowest BCUT2D eigenvalue weighted by Gasteiger charge is -2.22. The largest absolute Gasteiger partial charge is 0.432 e. The summed E-state index contributed by atoms with van der Waals surface area (Å²) < 4.78 is 48.3. The van der Waals surface area contributed by atoms with Crippen molar-refractivity contribution in [1.29, 1.82) is 0 Å². The normalized spacial score (nSPS) is 15.8. The number of aryl methyl sites for hydroxylation is 1. The third kappa shape index (κ3) is 11.5. The van der Waals surface area contributed by atoms with Gasteiger partial charge >= 0.3 is 6.18 Å². The van der Waals surface area contributed by atoms with E-state index >= 15 is 0 Å². The molecule has 1 fully saturated rings. The van der Waals surface area contributed by atoms with Gasteiger partial charge in [0, 0.05) is 24.7 Å². The average molecular weight is 522 g/mol. The van der Waals surface area contributed by atoms with Gasteiger partial charge in [0.2, 0.25) is 0 Å². The van der Waals surface area contributed by atoms with Crippen LogP contribution < -0.4 is 22.3 Å². The van der Waals surface area contributed by atoms with Gasteiger partial charge in [0.1, 0.15) is 11.5 Å². The van der Waals surface area contributed by atoms with Gasteiger partial charge in [-0.25, -0.2) is 4.39 Å². The first-order chi connectivity index (χ1) is 17.5. The Labute approximate surface area is 217 Å². The zero-order valence-electron chi connectivity index (χ0n) is 21.6. The number of alkyl halides is 3. The van der Waals surface area contributed by atoms with Crippen molar-refractivity contribution in [2.24, 2.45) is 11.6 Å². The summed E-state index contributed by atoms with van der Waals surface area (Å²) in [5.41, 5.74) is 8.39. The van der Waals surface area contributed by atoms with E-state index in [1.807, 2.05) is 24.5 Å². The number of hydrogen-bond acceptors (Lipinski definition) is 5. The molecule has 1 aliphatic rings. The highest BCUT2D eigenvalue weighted by Crippen LogP contribution is 2.24. The van der Waals surface area contributed by atoms with Gasteiger partial charge < -0.3 is 16.5 Å². The van der Waals surface area contributed by atoms with Crippen molar-refractivity contribution in [3.05, 3.63) is 108 Å². The Bertz CT molecular complexity index is 990. The highest BCUT2D eigenvalue weighted by atomic mass is 19.4. The van der Waals surface area contributed by atoms with Gasteiger partial charge in [0.15, 0.2) is 0 Å². The number of likely N-dealkylation sites (N-methyl/N-ethyl adjacent to an activating group) is 1. The minimum Gasteiger partial charge on any atom is -0.393 e. The van der Waals surface area contributed by atoms with Crippen molar-refractivity contribution < 1.29 is 17.6 Å². The van der Waals surface area contributed by atoms with E-state index in [9.17, 15) is 17.6 Å². The zero-order chi connectivity index (χ0) is 27.8. The Morgan fingerprint density at radius 3 is 2.22 bits per heavy atom. The van der Waals surface area contributed by atoms with Crippen LogP contribution in [0.1, 0.15) is 37.3 Å². The van der Waals surface area contributed by atoms with Gasteiger partial charge in [-0.05, 0) is 50.0 Å². The van der Waals surface area contributed by atoms with Crippen LogP contribution in [-0.4, -0.2) is 30.7 Å². The van der Waals surface area contributed by atoms with E-state index < -0.39 is 11.9 Å². The molecule has 0 radical (unpaired) electrons. The standard InChI is InChI=1S/C14H20N2.C8H9F.C6H10F3N3/c1-12(14-9-6-10-16(14)2)15-11-13-7-4-3-5-8-13;1-2-7-5-3-4-6-8(7)9;1-2-3-4(12-11)5(10)6(7,8)9/h3-5,7-8,14-15H,1,6,9-11H2,2H3;3-6H,2H2,1H3;2,12H,1,3,10-11H2/b;;5-4-. The molecule has 0 spiro atoms. The fourth-order valence-electron chi connectivity index (χ4n) is 3.63. The summed E-state index contributed by atoms with van der Waals surface area (Å²) in [5, 5.41) is 3.44. The molecule has 5 nitrogen and oxygen atoms in total. The lowest BCUT2D eigenvalue weighted by atomic mass is 10.1. The maximum atomic E-state index is 12.6. The van der Waals surface area contributed by atoms with Crippen LogP contribution >= 0.6 is 0 Å². The van der Waals surface area contributed by atoms with E-state index in [0.29, 0.717) is 6.04 Å². The van der Waals surface area contributed by atoms with Crippen LogP contribution in [-0.2, 0) is 13.0 Å². The minimum atomic E-state index is -4.55. The first-order valence-corrected chi connectivity index (χ1v) is 12.1. The zero-order valence-corrected chi connectivity index (χ0v) is 21.6. The Balaban J connectivity index is 0.000000291. The van der Waals surface area contributed by atoms with Crippen LogP contribution in [0.4, 0.5) is 17.6 Å². The highest BCUT2D eigenvalue weighted by Gasteiger charge is 2.33. The van der Waals surface area contributed by atoms with E-state index in [1.54, 1.807) is 12.1 Å². The molecular formula is C28H39F4N5. The van der Waals surface area contributed by atoms with Crippen LogP contribution in [0.15, 0.2) is 90.9 Å². The third-order valence-electron chi connectivity index (χ3n) is 5.78. The van der Waals surface area contributed by atoms with Gasteiger partial charge in [-0.1, -0.05) is 68.1 Å². The Kier molecular flexibility index (Phi) is 14.1. The van der Waals surface area contributed by atoms with Crippen LogP contribution in [0.25, 0.3) is 0 Å². The smallest absolute Gasteiger partial charge is 0.393 e. The first kappa shape index (κ1) is 31.7. The molecule has 1 aliphatic heterocycles. The van der Waals surface area contributed by atoms with Crippen molar-refractivity contribution in [2.75, 3.05) is 13.6 Å². The molecule has 204 valence electrons. The summed E-state index contributed by atoms with van der Waals surface area (Å²) in [7, 11) is 2.17. The number of nitrogens with zero attached hydrogens (tertiary/aromatic N) is 1. The second-order valence-electron chi connectivity index (χ2n) is 8.48. The topological polar surface area (TPSA) is 79.3 Å². The lowest BCUT2D eigenvalue weighted by Crippen LogP contribution is -2.32. The molecule has 2 aromatic rings. The predicted molar refractivity (Wildman–Crippen MR) is 143 cm³/mol. The van der Waals surface area contributed by atoms with Crippen LogP contribution in [0.3, 0.4) is 0 Å². The molecule has 1 saturated heterocycles. The van der Waals surface area contributed by atoms with Crippen molar-refractivity contribution in [3.63, 3.8) is 0 Å². The molecule has 0 saturated carbocycles. The fourth-order valence-corrected chi connectivity index (χ4v) is 3.63. The van der Waals surface area contributed by atoms with Crippen LogP contribution in [0.5, 0.6) is 0 Å². The molecule has 6 N–H and O–H groups in total. The summed E-state index contributed by atoms with van der Waals surface area (Å²) in [6.07, 6.45) is -0.0304. The number of hydrogen-bond donors (Lipinski definition) is 4. The minimum absolute atomic E-state index is 0.0398. The maximum absolute atomic E-state index is 12.6. The number of nitrogens with one attached hydrogen (secondary N) is 2. The molecule has 0 aromatic heterocycles. The molecule has 37 heavy (non-hydrogen) atoms. The molecular weight excluding hydrogens is 482 g/mol. The van der Waals surface area contributed by atoms with Crippen molar-refractivity contribution >= 4 is 0 Å². The lowest BCUT2D eigenvalue weighted by molar-refractivity contribution is -0.0939. The summed E-state index contributed by atoms with van der Waals surface area (Å²) in [4.78, 5) is 2.38. The Hall–Kier alpha value is -3.30. The van der Waals surface area contributed by atoms with Gasteiger partial charge in [-0.2, -0.15) is 13.2 Å². The van der Waals surface area contributed by atoms with E-state index in [2.05, 4.69) is 54.7 Å². The summed E-state index contributed by atoms with van der Waals surface area (Å²) in [5.74, 6) is 4.72. The van der Waals surface area contributed by atoms with Crippen molar-refractivity contribution in [2.45, 2.75) is 51.4 Å². The number of rotatable bonds is 8. The molecule has 1 atom stereocenters. The Morgan fingerprint density at radius 1 is 1.14 bits per heavy atom. The van der Waals surface area contributed by atoms with Crippen LogP contribution in [0.2, 0.25) is 0 Å². The van der Waals surface area contributed by atoms with Gasteiger partial charge in [-0.15, -0.1) is 6.58 Å². The van der Waals surface area contributed by atoms with E-state index in [0.717, 1.165) is 24.2 Å². The molecule has 1 heterocycles. The van der Waals surface area contributed by atoms with Gasteiger partial charge in [-0.3, -0.25) is 10.7 Å². The summed E-state index contributed by atoms with van der Waals surface area (Å²) in [6, 6.07) is 17.8. The molecule has 3 rings (SSSR count). The van der Waals surface area contributed by atoms with Gasteiger partial charge in [0.25, 0.3) is 0 Å². The summed E-state index contributed by atoms with van der Waals surface area (Å²) >= 11 is 0. The quantitative estimate of drug-likeness (QED) is 0.159. The predicted octanol–water partition coefficient (Wildman–Crippen LogP) is 5.53. The first-order valence-electron chi connectivity index (χ1n) is 12.1.